The minimum Gasteiger partial charge on any atom is -0.478 e. The molecule has 6 nitrogen and oxygen atoms in total. The molecule has 25 heavy (non-hydrogen) atoms. The first kappa shape index (κ1) is 16.1. The Balaban J connectivity index is 1.80. The predicted molar refractivity (Wildman–Crippen MR) is 90.7 cm³/mol. The molecule has 4 rings (SSSR count). The van der Waals surface area contributed by atoms with Gasteiger partial charge in [0, 0.05) is 24.4 Å². The second kappa shape index (κ2) is 5.30. The average Bonchev–Trinajstić information content (AvgIpc) is 3.26. The van der Waals surface area contributed by atoms with E-state index < -0.39 is 11.4 Å². The Hall–Kier alpha value is -2.39. The van der Waals surface area contributed by atoms with E-state index in [0.29, 0.717) is 36.7 Å². The topological polar surface area (TPSA) is 87.6 Å². The number of carbonyl (C=O) groups is 1. The zero-order valence-corrected chi connectivity index (χ0v) is 14.5. The molecule has 6 heteroatoms. The maximum absolute atomic E-state index is 11.7. The highest BCUT2D eigenvalue weighted by Crippen LogP contribution is 2.49. The van der Waals surface area contributed by atoms with Crippen LogP contribution in [0.2, 0.25) is 0 Å². The summed E-state index contributed by atoms with van der Waals surface area (Å²) in [4.78, 5) is 16.4. The quantitative estimate of drug-likeness (QED) is 0.927. The largest absolute Gasteiger partial charge is 0.478 e. The summed E-state index contributed by atoms with van der Waals surface area (Å²) in [7, 11) is 0. The van der Waals surface area contributed by atoms with E-state index in [1.807, 2.05) is 12.3 Å². The van der Waals surface area contributed by atoms with Crippen molar-refractivity contribution in [1.82, 2.24) is 9.38 Å². The SMILES string of the molecule is CC1(C)CC(c2ccn3c(C4(C#N)CC4)c(C(=O)O)cc3n2)CCO1. The summed E-state index contributed by atoms with van der Waals surface area (Å²) in [6.45, 7) is 4.87. The van der Waals surface area contributed by atoms with Crippen molar-refractivity contribution in [2.45, 2.75) is 56.5 Å². The molecule has 1 aliphatic heterocycles. The number of nitriles is 1. The number of ether oxygens (including phenoxy) is 1. The first-order valence-electron chi connectivity index (χ1n) is 8.66. The van der Waals surface area contributed by atoms with Gasteiger partial charge in [0.2, 0.25) is 0 Å². The Morgan fingerprint density at radius 2 is 2.24 bits per heavy atom. The second-order valence-electron chi connectivity index (χ2n) is 7.78. The van der Waals surface area contributed by atoms with Crippen molar-refractivity contribution in [1.29, 1.82) is 5.26 Å². The van der Waals surface area contributed by atoms with Crippen LogP contribution >= 0.6 is 0 Å². The first-order valence-corrected chi connectivity index (χ1v) is 8.66. The van der Waals surface area contributed by atoms with Crippen LogP contribution in [0.5, 0.6) is 0 Å². The molecule has 0 amide bonds. The van der Waals surface area contributed by atoms with Gasteiger partial charge in [-0.25, -0.2) is 9.78 Å². The number of carboxylic acids is 1. The fraction of sp³-hybridized carbons (Fsp3) is 0.526. The van der Waals surface area contributed by atoms with E-state index in [2.05, 4.69) is 19.9 Å². The van der Waals surface area contributed by atoms with Gasteiger partial charge in [-0.3, -0.25) is 0 Å². The van der Waals surface area contributed by atoms with Crippen molar-refractivity contribution in [2.24, 2.45) is 0 Å². The van der Waals surface area contributed by atoms with Crippen LogP contribution < -0.4 is 0 Å². The molecule has 0 radical (unpaired) electrons. The maximum Gasteiger partial charge on any atom is 0.337 e. The van der Waals surface area contributed by atoms with E-state index in [-0.39, 0.29) is 11.2 Å². The van der Waals surface area contributed by atoms with Gasteiger partial charge in [-0.15, -0.1) is 0 Å². The average molecular weight is 339 g/mol. The Kier molecular flexibility index (Phi) is 3.41. The summed E-state index contributed by atoms with van der Waals surface area (Å²) in [5, 5.41) is 19.1. The fourth-order valence-corrected chi connectivity index (χ4v) is 3.96. The number of nitrogens with zero attached hydrogens (tertiary/aromatic N) is 3. The lowest BCUT2D eigenvalue weighted by atomic mass is 9.86. The zero-order chi connectivity index (χ0) is 17.8. The number of rotatable bonds is 3. The van der Waals surface area contributed by atoms with Gasteiger partial charge in [-0.1, -0.05) is 0 Å². The first-order chi connectivity index (χ1) is 11.9. The van der Waals surface area contributed by atoms with Gasteiger partial charge in [0.1, 0.15) is 5.65 Å². The molecule has 0 aromatic carbocycles. The molecule has 3 heterocycles. The molecule has 2 aliphatic rings. The molecule has 0 bridgehead atoms. The minimum atomic E-state index is -1.00. The molecule has 0 spiro atoms. The van der Waals surface area contributed by atoms with Gasteiger partial charge >= 0.3 is 5.97 Å². The second-order valence-corrected chi connectivity index (χ2v) is 7.78. The molecule has 2 aromatic heterocycles. The molecule has 130 valence electrons. The highest BCUT2D eigenvalue weighted by Gasteiger charge is 2.49. The Labute approximate surface area is 146 Å². The number of hydrogen-bond acceptors (Lipinski definition) is 4. The Morgan fingerprint density at radius 1 is 1.48 bits per heavy atom. The summed E-state index contributed by atoms with van der Waals surface area (Å²) in [6, 6.07) is 5.86. The van der Waals surface area contributed by atoms with Gasteiger partial charge in [0.15, 0.2) is 0 Å². The van der Waals surface area contributed by atoms with Crippen molar-refractivity contribution in [3.63, 3.8) is 0 Å². The lowest BCUT2D eigenvalue weighted by Gasteiger charge is -2.35. The summed E-state index contributed by atoms with van der Waals surface area (Å²) in [6.07, 6.45) is 5.07. The van der Waals surface area contributed by atoms with Crippen molar-refractivity contribution in [2.75, 3.05) is 6.61 Å². The van der Waals surface area contributed by atoms with Crippen LogP contribution in [0.25, 0.3) is 5.65 Å². The number of fused-ring (bicyclic) bond motifs is 1. The van der Waals surface area contributed by atoms with E-state index in [9.17, 15) is 15.2 Å². The van der Waals surface area contributed by atoms with Crippen molar-refractivity contribution in [3.05, 3.63) is 35.3 Å². The zero-order valence-electron chi connectivity index (χ0n) is 14.5. The van der Waals surface area contributed by atoms with Crippen molar-refractivity contribution in [3.8, 4) is 6.07 Å². The van der Waals surface area contributed by atoms with Crippen LogP contribution in [0.1, 0.15) is 67.2 Å². The molecule has 1 atom stereocenters. The van der Waals surface area contributed by atoms with Gasteiger partial charge in [0.25, 0.3) is 0 Å². The van der Waals surface area contributed by atoms with Gasteiger partial charge < -0.3 is 14.2 Å². The van der Waals surface area contributed by atoms with E-state index >= 15 is 0 Å². The van der Waals surface area contributed by atoms with Crippen molar-refractivity contribution >= 4 is 11.6 Å². The molecule has 1 aliphatic carbocycles. The smallest absolute Gasteiger partial charge is 0.337 e. The van der Waals surface area contributed by atoms with Crippen LogP contribution in [-0.4, -0.2) is 32.7 Å². The summed E-state index contributed by atoms with van der Waals surface area (Å²) < 4.78 is 7.57. The molecule has 1 N–H and O–H groups in total. The Morgan fingerprint density at radius 3 is 2.84 bits per heavy atom. The minimum absolute atomic E-state index is 0.172. The van der Waals surface area contributed by atoms with E-state index in [1.165, 1.54) is 0 Å². The molecular formula is C19H21N3O3. The third kappa shape index (κ3) is 2.59. The van der Waals surface area contributed by atoms with E-state index in [0.717, 1.165) is 18.5 Å². The third-order valence-corrected chi connectivity index (χ3v) is 5.42. The monoisotopic (exact) mass is 339 g/mol. The summed E-state index contributed by atoms with van der Waals surface area (Å²) in [5.41, 5.74) is 1.49. The highest BCUT2D eigenvalue weighted by atomic mass is 16.5. The van der Waals surface area contributed by atoms with Crippen LogP contribution in [-0.2, 0) is 10.2 Å². The van der Waals surface area contributed by atoms with Gasteiger partial charge in [-0.05, 0) is 51.7 Å². The lowest BCUT2D eigenvalue weighted by Crippen LogP contribution is -2.33. The number of aromatic nitrogens is 2. The molecule has 1 saturated carbocycles. The maximum atomic E-state index is 11.7. The summed E-state index contributed by atoms with van der Waals surface area (Å²) >= 11 is 0. The predicted octanol–water partition coefficient (Wildman–Crippen LogP) is 3.26. The van der Waals surface area contributed by atoms with E-state index in [4.69, 9.17) is 9.72 Å². The van der Waals surface area contributed by atoms with Gasteiger partial charge in [-0.2, -0.15) is 5.26 Å². The third-order valence-electron chi connectivity index (χ3n) is 5.42. The molecule has 2 aromatic rings. The Bertz CT molecular complexity index is 903. The number of hydrogen-bond donors (Lipinski definition) is 1. The molecule has 1 unspecified atom stereocenters. The van der Waals surface area contributed by atoms with Crippen LogP contribution in [0.4, 0.5) is 0 Å². The van der Waals surface area contributed by atoms with Crippen LogP contribution in [0, 0.1) is 11.3 Å². The summed E-state index contributed by atoms with van der Waals surface area (Å²) in [5.74, 6) is -0.706. The van der Waals surface area contributed by atoms with Gasteiger partial charge in [0.05, 0.1) is 28.3 Å². The standard InChI is InChI=1S/C19H21N3O3/c1-18(2)10-12(4-8-25-18)14-3-7-22-15(21-14)9-13(17(23)24)16(22)19(11-20)5-6-19/h3,7,9,12H,4-6,8,10H2,1-2H3,(H,23,24). The number of aromatic carboxylic acids is 1. The molecule has 1 saturated heterocycles. The normalized spacial score (nSPS) is 24.0. The van der Waals surface area contributed by atoms with Crippen LogP contribution in [0.15, 0.2) is 18.3 Å². The highest BCUT2D eigenvalue weighted by molar-refractivity contribution is 5.92. The molecule has 2 fully saturated rings. The lowest BCUT2D eigenvalue weighted by molar-refractivity contribution is -0.0597. The fourth-order valence-electron chi connectivity index (χ4n) is 3.96. The van der Waals surface area contributed by atoms with Crippen molar-refractivity contribution < 1.29 is 14.6 Å². The van der Waals surface area contributed by atoms with Crippen LogP contribution in [0.3, 0.4) is 0 Å². The number of carboxylic acid groups (broad SMARTS) is 1. The molecular weight excluding hydrogens is 318 g/mol. The van der Waals surface area contributed by atoms with E-state index in [1.54, 1.807) is 10.5 Å².